The summed E-state index contributed by atoms with van der Waals surface area (Å²) in [5.74, 6) is 0.229. The van der Waals surface area contributed by atoms with Gasteiger partial charge >= 0.3 is 0 Å². The molecule has 1 heterocycles. The second-order valence-corrected chi connectivity index (χ2v) is 7.24. The van der Waals surface area contributed by atoms with Crippen molar-refractivity contribution in [2.75, 3.05) is 11.6 Å². The van der Waals surface area contributed by atoms with Crippen molar-refractivity contribution in [1.82, 2.24) is 9.36 Å². The van der Waals surface area contributed by atoms with Crippen LogP contribution in [-0.2, 0) is 11.8 Å². The van der Waals surface area contributed by atoms with Gasteiger partial charge in [-0.2, -0.15) is 0 Å². The van der Waals surface area contributed by atoms with Gasteiger partial charge in [0.2, 0.25) is 0 Å². The Morgan fingerprint density at radius 3 is 2.36 bits per heavy atom. The van der Waals surface area contributed by atoms with E-state index in [1.807, 2.05) is 60.9 Å². The van der Waals surface area contributed by atoms with Gasteiger partial charge in [0.1, 0.15) is 11.4 Å². The van der Waals surface area contributed by atoms with Gasteiger partial charge in [-0.25, -0.2) is 4.68 Å². The number of nitrogens with zero attached hydrogens (tertiary/aromatic N) is 2. The molecule has 1 amide bonds. The van der Waals surface area contributed by atoms with Crippen molar-refractivity contribution in [2.24, 2.45) is 7.05 Å². The third-order valence-electron chi connectivity index (χ3n) is 4.54. The number of thioether (sulfide) groups is 1. The normalized spacial score (nSPS) is 11.9. The van der Waals surface area contributed by atoms with E-state index in [4.69, 9.17) is 4.74 Å². The van der Waals surface area contributed by atoms with Crippen molar-refractivity contribution in [3.05, 3.63) is 70.6 Å². The van der Waals surface area contributed by atoms with Gasteiger partial charge in [0, 0.05) is 11.9 Å². The van der Waals surface area contributed by atoms with Crippen LogP contribution in [0.25, 0.3) is 5.69 Å². The fourth-order valence-electron chi connectivity index (χ4n) is 2.85. The highest BCUT2D eigenvalue weighted by Gasteiger charge is 2.21. The number of anilines is 1. The number of amides is 1. The molecule has 3 rings (SSSR count). The van der Waals surface area contributed by atoms with Crippen LogP contribution in [-0.4, -0.2) is 27.6 Å². The van der Waals surface area contributed by atoms with Gasteiger partial charge in [-0.1, -0.05) is 18.2 Å². The Bertz CT molecular complexity index is 1020. The second-order valence-electron chi connectivity index (χ2n) is 6.36. The van der Waals surface area contributed by atoms with Gasteiger partial charge in [0.15, 0.2) is 6.10 Å². The molecule has 0 aliphatic heterocycles. The first kappa shape index (κ1) is 19.8. The average molecular weight is 398 g/mol. The summed E-state index contributed by atoms with van der Waals surface area (Å²) in [4.78, 5) is 26.6. The first-order valence-corrected chi connectivity index (χ1v) is 10.1. The Labute approximate surface area is 168 Å². The van der Waals surface area contributed by atoms with Crippen molar-refractivity contribution in [2.45, 2.75) is 24.8 Å². The van der Waals surface area contributed by atoms with E-state index in [1.54, 1.807) is 37.3 Å². The summed E-state index contributed by atoms with van der Waals surface area (Å²) < 4.78 is 8.96. The molecule has 0 spiro atoms. The van der Waals surface area contributed by atoms with Crippen molar-refractivity contribution < 1.29 is 9.53 Å². The molecule has 0 aliphatic carbocycles. The molecule has 3 aromatic rings. The lowest BCUT2D eigenvalue weighted by molar-refractivity contribution is -0.122. The quantitative estimate of drug-likeness (QED) is 0.646. The maximum atomic E-state index is 12.9. The molecule has 7 heteroatoms. The maximum absolute atomic E-state index is 12.9. The van der Waals surface area contributed by atoms with E-state index in [0.717, 1.165) is 10.6 Å². The Morgan fingerprint density at radius 2 is 1.75 bits per heavy atom. The summed E-state index contributed by atoms with van der Waals surface area (Å²) in [6.07, 6.45) is 1.25. The molecule has 0 radical (unpaired) electrons. The number of nitrogens with one attached hydrogen (secondary N) is 1. The van der Waals surface area contributed by atoms with Crippen LogP contribution in [0.3, 0.4) is 0 Å². The molecule has 2 aromatic carbocycles. The Kier molecular flexibility index (Phi) is 5.94. The van der Waals surface area contributed by atoms with Crippen LogP contribution in [0, 0.1) is 6.92 Å². The summed E-state index contributed by atoms with van der Waals surface area (Å²) in [6.45, 7) is 3.45. The molecule has 0 saturated heterocycles. The summed E-state index contributed by atoms with van der Waals surface area (Å²) >= 11 is 1.64. The number of rotatable bonds is 6. The fraction of sp³-hybridized carbons (Fsp3) is 0.238. The number of hydrogen-bond acceptors (Lipinski definition) is 4. The minimum Gasteiger partial charge on any atom is -0.481 e. The Hall–Kier alpha value is -2.93. The Balaban J connectivity index is 1.79. The van der Waals surface area contributed by atoms with E-state index in [-0.39, 0.29) is 17.2 Å². The summed E-state index contributed by atoms with van der Waals surface area (Å²) in [6, 6.07) is 16.8. The number of carbonyl (C=O) groups is 1. The van der Waals surface area contributed by atoms with Crippen LogP contribution in [0.15, 0.2) is 64.3 Å². The molecule has 1 N–H and O–H groups in total. The lowest BCUT2D eigenvalue weighted by atomic mass is 10.3. The number of ether oxygens (including phenoxy) is 1. The molecule has 0 aliphatic rings. The SMILES string of the molecule is CSc1ccc(OC(C)C(=O)Nc2c(C)n(C)n(-c3ccccc3)c2=O)cc1. The number of carbonyl (C=O) groups excluding carboxylic acids is 1. The third kappa shape index (κ3) is 3.99. The van der Waals surface area contributed by atoms with Crippen LogP contribution in [0.4, 0.5) is 5.69 Å². The van der Waals surface area contributed by atoms with Crippen LogP contribution in [0.2, 0.25) is 0 Å². The minimum atomic E-state index is -0.746. The molecule has 0 saturated carbocycles. The van der Waals surface area contributed by atoms with Gasteiger partial charge in [-0.05, 0) is 56.5 Å². The summed E-state index contributed by atoms with van der Waals surface area (Å²) in [5.41, 5.74) is 1.37. The molecule has 1 aromatic heterocycles. The number of hydrogen-bond donors (Lipinski definition) is 1. The highest BCUT2D eigenvalue weighted by molar-refractivity contribution is 7.98. The predicted octanol–water partition coefficient (Wildman–Crippen LogP) is 3.61. The highest BCUT2D eigenvalue weighted by atomic mass is 32.2. The average Bonchev–Trinajstić information content (AvgIpc) is 2.92. The molecular formula is C21H23N3O3S. The molecule has 0 bridgehead atoms. The lowest BCUT2D eigenvalue weighted by Crippen LogP contribution is -2.32. The van der Waals surface area contributed by atoms with Gasteiger partial charge in [-0.15, -0.1) is 11.8 Å². The van der Waals surface area contributed by atoms with E-state index in [0.29, 0.717) is 11.4 Å². The van der Waals surface area contributed by atoms with Gasteiger partial charge in [0.05, 0.1) is 11.4 Å². The molecule has 1 unspecified atom stereocenters. The fourth-order valence-corrected chi connectivity index (χ4v) is 3.26. The molecule has 28 heavy (non-hydrogen) atoms. The van der Waals surface area contributed by atoms with Crippen LogP contribution in [0.1, 0.15) is 12.6 Å². The summed E-state index contributed by atoms with van der Waals surface area (Å²) in [5, 5.41) is 2.73. The second kappa shape index (κ2) is 8.39. The monoisotopic (exact) mass is 397 g/mol. The summed E-state index contributed by atoms with van der Waals surface area (Å²) in [7, 11) is 1.78. The van der Waals surface area contributed by atoms with E-state index in [2.05, 4.69) is 5.32 Å². The van der Waals surface area contributed by atoms with Gasteiger partial charge in [-0.3, -0.25) is 14.3 Å². The first-order valence-electron chi connectivity index (χ1n) is 8.88. The number of para-hydroxylation sites is 1. The Morgan fingerprint density at radius 1 is 1.11 bits per heavy atom. The maximum Gasteiger partial charge on any atom is 0.295 e. The molecular weight excluding hydrogens is 374 g/mol. The first-order chi connectivity index (χ1) is 13.4. The van der Waals surface area contributed by atoms with E-state index < -0.39 is 6.10 Å². The third-order valence-corrected chi connectivity index (χ3v) is 5.29. The van der Waals surface area contributed by atoms with Gasteiger partial charge in [0.25, 0.3) is 11.5 Å². The molecule has 0 fully saturated rings. The number of aromatic nitrogens is 2. The smallest absolute Gasteiger partial charge is 0.295 e. The predicted molar refractivity (Wildman–Crippen MR) is 113 cm³/mol. The van der Waals surface area contributed by atoms with Gasteiger partial charge < -0.3 is 10.1 Å². The van der Waals surface area contributed by atoms with E-state index in [9.17, 15) is 9.59 Å². The number of benzene rings is 2. The topological polar surface area (TPSA) is 65.3 Å². The van der Waals surface area contributed by atoms with E-state index >= 15 is 0 Å². The van der Waals surface area contributed by atoms with Crippen LogP contribution < -0.4 is 15.6 Å². The zero-order valence-electron chi connectivity index (χ0n) is 16.3. The standard InChI is InChI=1S/C21H23N3O3S/c1-14-19(21(26)24(23(14)3)16-8-6-5-7-9-16)22-20(25)15(2)27-17-10-12-18(28-4)13-11-17/h5-13,15H,1-4H3,(H,22,25). The van der Waals surface area contributed by atoms with Crippen LogP contribution >= 0.6 is 11.8 Å². The zero-order valence-corrected chi connectivity index (χ0v) is 17.1. The molecule has 146 valence electrons. The largest absolute Gasteiger partial charge is 0.481 e. The van der Waals surface area contributed by atoms with Crippen LogP contribution in [0.5, 0.6) is 5.75 Å². The molecule has 6 nitrogen and oxygen atoms in total. The molecule has 1 atom stereocenters. The lowest BCUT2D eigenvalue weighted by Gasteiger charge is -2.14. The van der Waals surface area contributed by atoms with E-state index in [1.165, 1.54) is 4.68 Å². The van der Waals surface area contributed by atoms with Crippen molar-refractivity contribution in [3.8, 4) is 11.4 Å². The zero-order chi connectivity index (χ0) is 20.3. The van der Waals surface area contributed by atoms with Crippen molar-refractivity contribution in [3.63, 3.8) is 0 Å². The van der Waals surface area contributed by atoms with Crippen molar-refractivity contribution >= 4 is 23.4 Å². The highest BCUT2D eigenvalue weighted by Crippen LogP contribution is 2.20. The van der Waals surface area contributed by atoms with Crippen molar-refractivity contribution in [1.29, 1.82) is 0 Å². The minimum absolute atomic E-state index is 0.254.